The highest BCUT2D eigenvalue weighted by molar-refractivity contribution is 7.90. The van der Waals surface area contributed by atoms with Crippen molar-refractivity contribution in [1.82, 2.24) is 9.97 Å². The standard InChI is InChI=1S/C25H26ClN3O4S/c1-25(2,20-7-10-23(18(15-20)16-27)32-14-4-12-26)19-5-8-22(9-6-19)33-17-21-11-13-28-24(29-21)34(3,30)31/h5-11,13,15H,4,12,14,17H2,1-3H3. The number of nitrogens with zero attached hydrogens (tertiary/aromatic N) is 3. The van der Waals surface area contributed by atoms with Gasteiger partial charge in [-0.1, -0.05) is 32.0 Å². The first-order chi connectivity index (χ1) is 16.1. The fourth-order valence-corrected chi connectivity index (χ4v) is 3.94. The summed E-state index contributed by atoms with van der Waals surface area (Å²) in [5.74, 6) is 1.69. The Morgan fingerprint density at radius 1 is 1.06 bits per heavy atom. The Hall–Kier alpha value is -3.15. The third-order valence-corrected chi connectivity index (χ3v) is 6.47. The molecule has 0 N–H and O–H groups in total. The van der Waals surface area contributed by atoms with Gasteiger partial charge in [0.25, 0.3) is 0 Å². The lowest BCUT2D eigenvalue weighted by atomic mass is 9.77. The molecule has 3 aromatic rings. The molecule has 0 radical (unpaired) electrons. The molecule has 0 atom stereocenters. The molecule has 0 fully saturated rings. The molecule has 0 amide bonds. The molecule has 0 saturated carbocycles. The van der Waals surface area contributed by atoms with Crippen LogP contribution in [0.4, 0.5) is 0 Å². The molecule has 0 unspecified atom stereocenters. The van der Waals surface area contributed by atoms with Gasteiger partial charge in [-0.3, -0.25) is 0 Å². The topological polar surface area (TPSA) is 102 Å². The Morgan fingerprint density at radius 2 is 1.76 bits per heavy atom. The predicted molar refractivity (Wildman–Crippen MR) is 130 cm³/mol. The summed E-state index contributed by atoms with van der Waals surface area (Å²) >= 11 is 5.70. The van der Waals surface area contributed by atoms with Gasteiger partial charge < -0.3 is 9.47 Å². The summed E-state index contributed by atoms with van der Waals surface area (Å²) in [6, 6.07) is 17.1. The molecular weight excluding hydrogens is 474 g/mol. The lowest BCUT2D eigenvalue weighted by Crippen LogP contribution is -2.19. The van der Waals surface area contributed by atoms with Gasteiger partial charge in [0.2, 0.25) is 15.0 Å². The molecule has 34 heavy (non-hydrogen) atoms. The van der Waals surface area contributed by atoms with Crippen LogP contribution in [0.2, 0.25) is 0 Å². The lowest BCUT2D eigenvalue weighted by molar-refractivity contribution is 0.299. The fourth-order valence-electron chi connectivity index (χ4n) is 3.30. The molecule has 2 aromatic carbocycles. The zero-order valence-corrected chi connectivity index (χ0v) is 20.9. The van der Waals surface area contributed by atoms with E-state index < -0.39 is 9.84 Å². The van der Waals surface area contributed by atoms with Crippen LogP contribution in [-0.4, -0.2) is 37.1 Å². The second kappa shape index (κ2) is 10.9. The first-order valence-corrected chi connectivity index (χ1v) is 13.1. The first kappa shape index (κ1) is 25.5. The van der Waals surface area contributed by atoms with Crippen molar-refractivity contribution in [2.75, 3.05) is 18.7 Å². The highest BCUT2D eigenvalue weighted by Gasteiger charge is 2.24. The quantitative estimate of drug-likeness (QED) is 0.227. The van der Waals surface area contributed by atoms with Gasteiger partial charge in [0, 0.05) is 23.7 Å². The van der Waals surface area contributed by atoms with Crippen molar-refractivity contribution in [3.05, 3.63) is 77.1 Å². The third kappa shape index (κ3) is 6.25. The van der Waals surface area contributed by atoms with Gasteiger partial charge in [-0.2, -0.15) is 5.26 Å². The van der Waals surface area contributed by atoms with Crippen molar-refractivity contribution in [2.45, 2.75) is 37.4 Å². The van der Waals surface area contributed by atoms with Gasteiger partial charge in [-0.25, -0.2) is 18.4 Å². The normalized spacial score (nSPS) is 11.6. The maximum atomic E-state index is 11.6. The molecule has 0 saturated heterocycles. The minimum atomic E-state index is -3.48. The minimum Gasteiger partial charge on any atom is -0.492 e. The maximum Gasteiger partial charge on any atom is 0.247 e. The van der Waals surface area contributed by atoms with Crippen LogP contribution in [0.1, 0.15) is 42.7 Å². The van der Waals surface area contributed by atoms with Crippen molar-refractivity contribution in [1.29, 1.82) is 5.26 Å². The maximum absolute atomic E-state index is 11.6. The van der Waals surface area contributed by atoms with E-state index in [1.807, 2.05) is 42.5 Å². The summed E-state index contributed by atoms with van der Waals surface area (Å²) in [5, 5.41) is 9.35. The second-order valence-corrected chi connectivity index (χ2v) is 10.5. The number of sulfone groups is 1. The van der Waals surface area contributed by atoms with Crippen molar-refractivity contribution in [3.63, 3.8) is 0 Å². The van der Waals surface area contributed by atoms with E-state index in [0.717, 1.165) is 17.4 Å². The van der Waals surface area contributed by atoms with Crippen LogP contribution in [0.5, 0.6) is 11.5 Å². The first-order valence-electron chi connectivity index (χ1n) is 10.6. The van der Waals surface area contributed by atoms with Gasteiger partial charge in [0.05, 0.1) is 17.9 Å². The summed E-state index contributed by atoms with van der Waals surface area (Å²) in [5.41, 5.74) is 2.61. The van der Waals surface area contributed by atoms with Gasteiger partial charge >= 0.3 is 0 Å². The molecule has 0 bridgehead atoms. The highest BCUT2D eigenvalue weighted by atomic mass is 35.5. The van der Waals surface area contributed by atoms with Crippen LogP contribution in [0.15, 0.2) is 59.9 Å². The Labute approximate surface area is 205 Å². The molecule has 178 valence electrons. The number of nitriles is 1. The SMILES string of the molecule is CC(C)(c1ccc(OCc2ccnc(S(C)(=O)=O)n2)cc1)c1ccc(OCCCCl)c(C#N)c1. The average molecular weight is 500 g/mol. The number of benzene rings is 2. The number of aromatic nitrogens is 2. The largest absolute Gasteiger partial charge is 0.492 e. The highest BCUT2D eigenvalue weighted by Crippen LogP contribution is 2.35. The predicted octanol–water partition coefficient (Wildman–Crippen LogP) is 4.66. The molecule has 1 heterocycles. The molecule has 7 nitrogen and oxygen atoms in total. The van der Waals surface area contributed by atoms with E-state index in [-0.39, 0.29) is 17.2 Å². The van der Waals surface area contributed by atoms with E-state index in [1.54, 1.807) is 6.07 Å². The van der Waals surface area contributed by atoms with Crippen molar-refractivity contribution in [2.24, 2.45) is 0 Å². The Morgan fingerprint density at radius 3 is 2.41 bits per heavy atom. The lowest BCUT2D eigenvalue weighted by Gasteiger charge is -2.27. The van der Waals surface area contributed by atoms with Gasteiger partial charge in [0.15, 0.2) is 0 Å². The fraction of sp³-hybridized carbons (Fsp3) is 0.320. The van der Waals surface area contributed by atoms with Crippen LogP contribution < -0.4 is 9.47 Å². The summed E-state index contributed by atoms with van der Waals surface area (Å²) in [4.78, 5) is 7.82. The molecule has 9 heteroatoms. The number of ether oxygens (including phenoxy) is 2. The summed E-state index contributed by atoms with van der Waals surface area (Å²) in [6.45, 7) is 4.75. The number of halogens is 1. The van der Waals surface area contributed by atoms with E-state index in [4.69, 9.17) is 21.1 Å². The Bertz CT molecular complexity index is 1290. The molecule has 0 aliphatic heterocycles. The van der Waals surface area contributed by atoms with E-state index in [2.05, 4.69) is 29.9 Å². The number of hydrogen-bond donors (Lipinski definition) is 0. The smallest absolute Gasteiger partial charge is 0.247 e. The van der Waals surface area contributed by atoms with Crippen molar-refractivity contribution < 1.29 is 17.9 Å². The van der Waals surface area contributed by atoms with Gasteiger partial charge in [-0.15, -0.1) is 11.6 Å². The average Bonchev–Trinajstić information content (AvgIpc) is 2.83. The molecule has 0 aliphatic carbocycles. The summed E-state index contributed by atoms with van der Waals surface area (Å²) < 4.78 is 34.7. The van der Waals surface area contributed by atoms with Crippen molar-refractivity contribution >= 4 is 21.4 Å². The monoisotopic (exact) mass is 499 g/mol. The van der Waals surface area contributed by atoms with Crippen LogP contribution in [0.25, 0.3) is 0 Å². The third-order valence-electron chi connectivity index (χ3n) is 5.34. The number of alkyl halides is 1. The van der Waals surface area contributed by atoms with Crippen LogP contribution in [-0.2, 0) is 21.9 Å². The Balaban J connectivity index is 1.73. The van der Waals surface area contributed by atoms with Crippen LogP contribution in [0, 0.1) is 11.3 Å². The van der Waals surface area contributed by atoms with Gasteiger partial charge in [-0.05, 0) is 47.9 Å². The van der Waals surface area contributed by atoms with E-state index >= 15 is 0 Å². The van der Waals surface area contributed by atoms with E-state index in [0.29, 0.717) is 41.7 Å². The van der Waals surface area contributed by atoms with E-state index in [9.17, 15) is 13.7 Å². The van der Waals surface area contributed by atoms with E-state index in [1.165, 1.54) is 6.20 Å². The van der Waals surface area contributed by atoms with Crippen LogP contribution >= 0.6 is 11.6 Å². The van der Waals surface area contributed by atoms with Gasteiger partial charge in [0.1, 0.15) is 24.2 Å². The molecule has 0 spiro atoms. The second-order valence-electron chi connectivity index (χ2n) is 8.25. The van der Waals surface area contributed by atoms with Crippen LogP contribution in [0.3, 0.4) is 0 Å². The molecule has 0 aliphatic rings. The Kier molecular flexibility index (Phi) is 8.13. The molecule has 3 rings (SSSR count). The summed E-state index contributed by atoms with van der Waals surface area (Å²) in [7, 11) is -3.48. The zero-order chi connectivity index (χ0) is 24.8. The molecule has 1 aromatic heterocycles. The minimum absolute atomic E-state index is 0.116. The summed E-state index contributed by atoms with van der Waals surface area (Å²) in [6.07, 6.45) is 3.18. The molecular formula is C25H26ClN3O4S. The number of hydrogen-bond acceptors (Lipinski definition) is 7. The van der Waals surface area contributed by atoms with Crippen molar-refractivity contribution in [3.8, 4) is 17.6 Å². The number of rotatable bonds is 10. The zero-order valence-electron chi connectivity index (χ0n) is 19.3.